The Morgan fingerprint density at radius 2 is 1.95 bits per heavy atom. The van der Waals surface area contributed by atoms with Gasteiger partial charge in [0.15, 0.2) is 0 Å². The molecule has 0 spiro atoms. The monoisotopic (exact) mass is 278 g/mol. The molecule has 112 valence electrons. The molecule has 0 saturated carbocycles. The molecule has 0 fully saturated rings. The highest BCUT2D eigenvalue weighted by Gasteiger charge is 2.10. The van der Waals surface area contributed by atoms with Gasteiger partial charge in [0.1, 0.15) is 5.75 Å². The third-order valence-electron chi connectivity index (χ3n) is 3.24. The van der Waals surface area contributed by atoms with Gasteiger partial charge in [0.25, 0.3) is 0 Å². The fraction of sp³-hybridized carbons (Fsp3) is 0.562. The van der Waals surface area contributed by atoms with Gasteiger partial charge in [0.2, 0.25) is 5.91 Å². The molecule has 1 atom stereocenters. The highest BCUT2D eigenvalue weighted by molar-refractivity contribution is 5.81. The van der Waals surface area contributed by atoms with Gasteiger partial charge < -0.3 is 15.4 Å². The molecule has 0 saturated heterocycles. The summed E-state index contributed by atoms with van der Waals surface area (Å²) in [5, 5.41) is 6.17. The first-order valence-electron chi connectivity index (χ1n) is 7.31. The van der Waals surface area contributed by atoms with Crippen LogP contribution in [0.3, 0.4) is 0 Å². The number of ether oxygens (including phenoxy) is 1. The summed E-state index contributed by atoms with van der Waals surface area (Å²) < 4.78 is 5.11. The minimum absolute atomic E-state index is 0.0645. The van der Waals surface area contributed by atoms with Gasteiger partial charge in [-0.15, -0.1) is 0 Å². The summed E-state index contributed by atoms with van der Waals surface area (Å²) in [6.07, 6.45) is 3.38. The number of hydrogen-bond donors (Lipinski definition) is 2. The first kappa shape index (κ1) is 16.5. The molecule has 0 aliphatic heterocycles. The van der Waals surface area contributed by atoms with E-state index in [4.69, 9.17) is 4.74 Å². The lowest BCUT2D eigenvalue weighted by Gasteiger charge is -2.14. The predicted molar refractivity (Wildman–Crippen MR) is 81.8 cm³/mol. The van der Waals surface area contributed by atoms with Crippen LogP contribution in [0.15, 0.2) is 24.3 Å². The number of rotatable bonds is 9. The summed E-state index contributed by atoms with van der Waals surface area (Å²) in [5.74, 6) is 0.907. The third kappa shape index (κ3) is 6.06. The van der Waals surface area contributed by atoms with Gasteiger partial charge in [-0.2, -0.15) is 0 Å². The van der Waals surface area contributed by atoms with Gasteiger partial charge in [-0.25, -0.2) is 0 Å². The second kappa shape index (κ2) is 9.37. The molecular formula is C16H26N2O2. The van der Waals surface area contributed by atoms with Crippen molar-refractivity contribution in [1.29, 1.82) is 0 Å². The zero-order valence-corrected chi connectivity index (χ0v) is 12.7. The molecule has 1 aromatic rings. The molecule has 4 nitrogen and oxygen atoms in total. The Hall–Kier alpha value is -1.55. The first-order chi connectivity index (χ1) is 9.67. The lowest BCUT2D eigenvalue weighted by atomic mass is 10.2. The van der Waals surface area contributed by atoms with Crippen molar-refractivity contribution in [1.82, 2.24) is 10.6 Å². The zero-order chi connectivity index (χ0) is 14.8. The van der Waals surface area contributed by atoms with Gasteiger partial charge in [-0.05, 0) is 31.0 Å². The number of nitrogens with one attached hydrogen (secondary N) is 2. The van der Waals surface area contributed by atoms with E-state index in [1.54, 1.807) is 7.11 Å². The molecule has 2 N–H and O–H groups in total. The van der Waals surface area contributed by atoms with Crippen LogP contribution < -0.4 is 15.4 Å². The van der Waals surface area contributed by atoms with Crippen molar-refractivity contribution in [2.24, 2.45) is 0 Å². The van der Waals surface area contributed by atoms with E-state index in [0.717, 1.165) is 30.7 Å². The molecule has 1 unspecified atom stereocenters. The Labute approximate surface area is 121 Å². The number of carbonyl (C=O) groups is 1. The van der Waals surface area contributed by atoms with Crippen molar-refractivity contribution in [3.63, 3.8) is 0 Å². The van der Waals surface area contributed by atoms with E-state index in [1.165, 1.54) is 6.42 Å². The average Bonchev–Trinajstić information content (AvgIpc) is 2.49. The Morgan fingerprint density at radius 1 is 1.25 bits per heavy atom. The van der Waals surface area contributed by atoms with Gasteiger partial charge in [0.05, 0.1) is 13.2 Å². The summed E-state index contributed by atoms with van der Waals surface area (Å²) >= 11 is 0. The topological polar surface area (TPSA) is 50.4 Å². The maximum atomic E-state index is 11.8. The number of hydrogen-bond acceptors (Lipinski definition) is 3. The molecule has 0 aliphatic rings. The van der Waals surface area contributed by atoms with Gasteiger partial charge >= 0.3 is 0 Å². The normalized spacial score (nSPS) is 11.9. The van der Waals surface area contributed by atoms with E-state index in [2.05, 4.69) is 17.6 Å². The van der Waals surface area contributed by atoms with E-state index >= 15 is 0 Å². The molecule has 1 aromatic carbocycles. The average molecular weight is 278 g/mol. The van der Waals surface area contributed by atoms with Gasteiger partial charge in [0, 0.05) is 13.1 Å². The van der Waals surface area contributed by atoms with Crippen molar-refractivity contribution in [2.75, 3.05) is 13.7 Å². The van der Waals surface area contributed by atoms with Gasteiger partial charge in [-0.3, -0.25) is 4.79 Å². The minimum Gasteiger partial charge on any atom is -0.497 e. The van der Waals surface area contributed by atoms with Crippen LogP contribution in [-0.4, -0.2) is 25.6 Å². The fourth-order valence-corrected chi connectivity index (χ4v) is 1.85. The molecule has 0 radical (unpaired) electrons. The molecule has 1 amide bonds. The maximum Gasteiger partial charge on any atom is 0.236 e. The minimum atomic E-state index is -0.182. The zero-order valence-electron chi connectivity index (χ0n) is 12.7. The Balaban J connectivity index is 2.27. The second-order valence-electron chi connectivity index (χ2n) is 4.95. The van der Waals surface area contributed by atoms with E-state index in [1.807, 2.05) is 31.2 Å². The van der Waals surface area contributed by atoms with Crippen molar-refractivity contribution in [2.45, 2.75) is 45.7 Å². The van der Waals surface area contributed by atoms with Crippen LogP contribution in [0.4, 0.5) is 0 Å². The van der Waals surface area contributed by atoms with E-state index in [-0.39, 0.29) is 11.9 Å². The Bertz CT molecular complexity index is 390. The summed E-state index contributed by atoms with van der Waals surface area (Å²) in [7, 11) is 1.65. The molecule has 0 heterocycles. The molecule has 0 aliphatic carbocycles. The maximum absolute atomic E-state index is 11.8. The molecular weight excluding hydrogens is 252 g/mol. The van der Waals surface area contributed by atoms with Crippen LogP contribution in [0.2, 0.25) is 0 Å². The van der Waals surface area contributed by atoms with Crippen LogP contribution in [0.1, 0.15) is 38.7 Å². The lowest BCUT2D eigenvalue weighted by molar-refractivity contribution is -0.122. The quantitative estimate of drug-likeness (QED) is 0.682. The molecule has 0 bridgehead atoms. The number of benzene rings is 1. The number of carbonyl (C=O) groups excluding carboxylic acids is 1. The smallest absolute Gasteiger partial charge is 0.236 e. The van der Waals surface area contributed by atoms with Crippen LogP contribution in [-0.2, 0) is 11.3 Å². The first-order valence-corrected chi connectivity index (χ1v) is 7.31. The SMILES string of the molecule is CCCCCNC(=O)C(C)NCc1ccc(OC)cc1. The number of amides is 1. The molecule has 20 heavy (non-hydrogen) atoms. The Morgan fingerprint density at radius 3 is 2.55 bits per heavy atom. The van der Waals surface area contributed by atoms with E-state index in [9.17, 15) is 4.79 Å². The van der Waals surface area contributed by atoms with Crippen LogP contribution >= 0.6 is 0 Å². The Kier molecular flexibility index (Phi) is 7.73. The summed E-state index contributed by atoms with van der Waals surface area (Å²) in [5.41, 5.74) is 1.14. The third-order valence-corrected chi connectivity index (χ3v) is 3.24. The number of unbranched alkanes of at least 4 members (excludes halogenated alkanes) is 2. The lowest BCUT2D eigenvalue weighted by Crippen LogP contribution is -2.42. The summed E-state index contributed by atoms with van der Waals surface area (Å²) in [4.78, 5) is 11.8. The van der Waals surface area contributed by atoms with Crippen molar-refractivity contribution < 1.29 is 9.53 Å². The highest BCUT2D eigenvalue weighted by Crippen LogP contribution is 2.11. The van der Waals surface area contributed by atoms with Crippen LogP contribution in [0, 0.1) is 0 Å². The van der Waals surface area contributed by atoms with E-state index < -0.39 is 0 Å². The van der Waals surface area contributed by atoms with Crippen LogP contribution in [0.5, 0.6) is 5.75 Å². The molecule has 4 heteroatoms. The van der Waals surface area contributed by atoms with Crippen molar-refractivity contribution in [3.05, 3.63) is 29.8 Å². The largest absolute Gasteiger partial charge is 0.497 e. The second-order valence-corrected chi connectivity index (χ2v) is 4.95. The fourth-order valence-electron chi connectivity index (χ4n) is 1.85. The summed E-state index contributed by atoms with van der Waals surface area (Å²) in [6, 6.07) is 7.66. The highest BCUT2D eigenvalue weighted by atomic mass is 16.5. The predicted octanol–water partition coefficient (Wildman–Crippen LogP) is 2.48. The van der Waals surface area contributed by atoms with Gasteiger partial charge in [-0.1, -0.05) is 31.9 Å². The van der Waals surface area contributed by atoms with Crippen molar-refractivity contribution >= 4 is 5.91 Å². The van der Waals surface area contributed by atoms with Crippen molar-refractivity contribution in [3.8, 4) is 5.75 Å². The number of methoxy groups -OCH3 is 1. The summed E-state index contributed by atoms with van der Waals surface area (Å²) in [6.45, 7) is 5.48. The van der Waals surface area contributed by atoms with Crippen LogP contribution in [0.25, 0.3) is 0 Å². The molecule has 1 rings (SSSR count). The van der Waals surface area contributed by atoms with E-state index in [0.29, 0.717) is 6.54 Å². The standard InChI is InChI=1S/C16H26N2O2/c1-4-5-6-11-17-16(19)13(2)18-12-14-7-9-15(20-3)10-8-14/h7-10,13,18H,4-6,11-12H2,1-3H3,(H,17,19). The molecule has 0 aromatic heterocycles.